The Hall–Kier alpha value is -0.511. The van der Waals surface area contributed by atoms with Gasteiger partial charge in [0.25, 0.3) is 0 Å². The molecule has 2 nitrogen and oxygen atoms in total. The first-order valence-electron chi connectivity index (χ1n) is 8.38. The third kappa shape index (κ3) is 0.128. The van der Waals surface area contributed by atoms with E-state index < -0.39 is 6.51 Å². The van der Waals surface area contributed by atoms with Gasteiger partial charge in [-0.05, 0) is 0 Å². The van der Waals surface area contributed by atoms with Gasteiger partial charge in [-0.2, -0.15) is 0 Å². The Bertz CT molecular complexity index is 1490. The van der Waals surface area contributed by atoms with Crippen molar-refractivity contribution < 1.29 is 6.51 Å². The number of nitriles is 2. The number of hydrogen-bond acceptors (Lipinski definition) is 2. The van der Waals surface area contributed by atoms with Gasteiger partial charge in [-0.25, -0.2) is 0 Å². The van der Waals surface area contributed by atoms with E-state index in [0.717, 1.165) is 14.7 Å². The average molecular weight is 425 g/mol. The minimum atomic E-state index is -3.48. The number of fused-ring (bicyclic) bond motifs is 10. The summed E-state index contributed by atoms with van der Waals surface area (Å²) in [6.07, 6.45) is 0. The van der Waals surface area contributed by atoms with Crippen molar-refractivity contribution in [1.29, 1.82) is 10.5 Å². The van der Waals surface area contributed by atoms with Gasteiger partial charge in [0.05, 0.1) is 0 Å². The third-order valence-corrected chi connectivity index (χ3v) is 66.6. The fourth-order valence-corrected chi connectivity index (χ4v) is 105. The molecular weight excluding hydrogens is 415 g/mol. The number of nitrogens with zero attached hydrogens (tertiary/aromatic N) is 2. The van der Waals surface area contributed by atoms with E-state index in [4.69, 9.17) is 11.6 Å². The van der Waals surface area contributed by atoms with Gasteiger partial charge >= 0.3 is 137 Å². The second kappa shape index (κ2) is 0.969. The molecule has 0 amide bonds. The van der Waals surface area contributed by atoms with E-state index in [1.807, 2.05) is 6.07 Å². The zero-order chi connectivity index (χ0) is 15.1. The normalized spacial score (nSPS) is 93.6. The molecule has 10 aliphatic rings. The van der Waals surface area contributed by atoms with Crippen LogP contribution in [0.5, 0.6) is 0 Å². The zero-order valence-corrected chi connectivity index (χ0v) is 15.2. The molecule has 5 atom stereocenters. The fraction of sp³-hybridized carbons (Fsp3) is 0.556. The van der Waals surface area contributed by atoms with Crippen molar-refractivity contribution in [3.05, 3.63) is 33.8 Å². The van der Waals surface area contributed by atoms with Crippen molar-refractivity contribution >= 4 is 27.5 Å². The van der Waals surface area contributed by atoms with Crippen LogP contribution in [0.3, 0.4) is 0 Å². The quantitative estimate of drug-likeness (QED) is 0.460. The van der Waals surface area contributed by atoms with Crippen LogP contribution < -0.4 is 0 Å². The Morgan fingerprint density at radius 1 is 0.957 bits per heavy atom. The summed E-state index contributed by atoms with van der Waals surface area (Å²) >= 11 is 11.2. The van der Waals surface area contributed by atoms with E-state index in [9.17, 15) is 10.5 Å². The standard InChI is InChI=1S/C13H5BrClN2.C5H5.Fe/c14-12-3-1-2-10(12)11-4-8(6-16)9(7-17)5-13(11)15;1-2-4-5-3-1;/h1-5H;1-5H;. The maximum atomic E-state index is 9.51. The van der Waals surface area contributed by atoms with Crippen LogP contribution in [0.25, 0.3) is 0 Å². The predicted molar refractivity (Wildman–Crippen MR) is 84.2 cm³/mol. The number of halogens is 2. The first kappa shape index (κ1) is 9.84. The van der Waals surface area contributed by atoms with E-state index in [1.165, 1.54) is 34.5 Å². The summed E-state index contributed by atoms with van der Waals surface area (Å²) in [4.78, 5) is 9.23. The molecule has 0 aliphatic carbocycles. The molecule has 5 unspecified atom stereocenters. The Kier molecular flexibility index (Phi) is 0.415. The van der Waals surface area contributed by atoms with Crippen LogP contribution in [0.1, 0.15) is 16.7 Å². The predicted octanol–water partition coefficient (Wildman–Crippen LogP) is 5.18. The number of alkyl halides is 1. The molecule has 0 saturated carbocycles. The molecule has 1 aromatic carbocycles. The van der Waals surface area contributed by atoms with Crippen LogP contribution in [0.2, 0.25) is 43.6 Å². The molecule has 114 valence electrons. The molecule has 0 N–H and O–H groups in total. The molecule has 23 heavy (non-hydrogen) atoms. The first-order chi connectivity index (χ1) is 10.8. The van der Waals surface area contributed by atoms with Gasteiger partial charge in [-0.1, -0.05) is 0 Å². The van der Waals surface area contributed by atoms with Gasteiger partial charge in [0.1, 0.15) is 0 Å². The van der Waals surface area contributed by atoms with Crippen molar-refractivity contribution in [2.45, 2.75) is 46.1 Å². The van der Waals surface area contributed by atoms with Gasteiger partial charge in [0, 0.05) is 0 Å². The van der Waals surface area contributed by atoms with Crippen LogP contribution in [-0.2, 0) is 10.8 Å². The summed E-state index contributed by atoms with van der Waals surface area (Å²) in [5.41, 5.74) is 2.30. The topological polar surface area (TPSA) is 47.6 Å². The first-order valence-corrected chi connectivity index (χ1v) is 15.8. The van der Waals surface area contributed by atoms with E-state index in [2.05, 4.69) is 28.1 Å². The van der Waals surface area contributed by atoms with Gasteiger partial charge in [0.2, 0.25) is 0 Å². The third-order valence-electron chi connectivity index (χ3n) is 16.4. The molecule has 1 spiro atoms. The maximum absolute atomic E-state index is 9.51. The summed E-state index contributed by atoms with van der Waals surface area (Å²) in [5.74, 6) is 0. The minimum absolute atomic E-state index is 0.419. The zero-order valence-electron chi connectivity index (χ0n) is 11.8. The van der Waals surface area contributed by atoms with Crippen LogP contribution in [0.15, 0.2) is 12.1 Å². The molecule has 10 saturated heterocycles. The molecule has 0 radical (unpaired) electrons. The van der Waals surface area contributed by atoms with E-state index in [0.29, 0.717) is 18.7 Å². The van der Waals surface area contributed by atoms with Crippen LogP contribution in [-0.4, -0.2) is 3.22 Å². The van der Waals surface area contributed by atoms with E-state index >= 15 is 0 Å². The summed E-state index contributed by atoms with van der Waals surface area (Å²) in [6, 6.07) is 8.24. The van der Waals surface area contributed by atoms with Crippen LogP contribution in [0.4, 0.5) is 0 Å². The molecular formula is C18H10BrClFeN2. The van der Waals surface area contributed by atoms with Crippen LogP contribution >= 0.6 is 27.5 Å². The second-order valence-corrected chi connectivity index (χ2v) is 37.3. The molecule has 5 heteroatoms. The summed E-state index contributed by atoms with van der Waals surface area (Å²) in [5, 5.41) is 19.6. The van der Waals surface area contributed by atoms with Gasteiger partial charge in [-0.3, -0.25) is 0 Å². The molecule has 1 aromatic rings. The molecule has 10 aliphatic heterocycles. The Morgan fingerprint density at radius 2 is 1.52 bits per heavy atom. The van der Waals surface area contributed by atoms with Crippen molar-refractivity contribution in [2.24, 2.45) is 0 Å². The van der Waals surface area contributed by atoms with Gasteiger partial charge in [-0.15, -0.1) is 0 Å². The second-order valence-electron chi connectivity index (χ2n) is 11.8. The Morgan fingerprint density at radius 3 is 1.87 bits per heavy atom. The van der Waals surface area contributed by atoms with Crippen molar-refractivity contribution in [3.8, 4) is 12.1 Å². The van der Waals surface area contributed by atoms with Crippen molar-refractivity contribution in [1.82, 2.24) is 0 Å². The summed E-state index contributed by atoms with van der Waals surface area (Å²) in [6.45, 7) is -3.48. The Labute approximate surface area is 136 Å². The molecule has 10 heterocycles. The fourth-order valence-electron chi connectivity index (χ4n) is 18.0. The van der Waals surface area contributed by atoms with Gasteiger partial charge in [0.15, 0.2) is 0 Å². The number of rotatable bonds is 1. The van der Waals surface area contributed by atoms with Crippen LogP contribution in [0, 0.1) is 22.7 Å². The summed E-state index contributed by atoms with van der Waals surface area (Å²) < 4.78 is 0.923. The molecule has 0 bridgehead atoms. The molecule has 0 aromatic heterocycles. The molecule has 10 fully saturated rings. The van der Waals surface area contributed by atoms with Crippen molar-refractivity contribution in [2.75, 3.05) is 0 Å². The number of hydrogen-bond donors (Lipinski definition) is 0. The number of benzene rings is 1. The molecule has 11 rings (SSSR count). The van der Waals surface area contributed by atoms with E-state index in [-0.39, 0.29) is 0 Å². The summed E-state index contributed by atoms with van der Waals surface area (Å²) in [7, 11) is 0. The monoisotopic (exact) mass is 424 g/mol. The SMILES string of the molecule is N#Cc1cc(Cl)c([C]23[CH]4[CH]5[CH]6[C]2(Br)[Fe]56432789[CH]3[CH]2[CH]7[CH]8[CH]39)cc1C#N. The van der Waals surface area contributed by atoms with Crippen molar-refractivity contribution in [3.63, 3.8) is 0 Å². The Balaban J connectivity index is 1.43. The van der Waals surface area contributed by atoms with Gasteiger partial charge < -0.3 is 0 Å². The average Bonchev–Trinajstić information content (AvgIpc) is 3.49. The van der Waals surface area contributed by atoms with E-state index in [1.54, 1.807) is 6.07 Å².